The van der Waals surface area contributed by atoms with Gasteiger partial charge >= 0.3 is 0 Å². The molecule has 0 aromatic heterocycles. The van der Waals surface area contributed by atoms with E-state index in [0.717, 1.165) is 12.3 Å². The van der Waals surface area contributed by atoms with E-state index in [0.29, 0.717) is 0 Å². The SMILES string of the molecule is CS(=O)(=O)CCS(=O)(=O)Nc1ccc(S(=O)(=O)Cl)c(Br)c1. The summed E-state index contributed by atoms with van der Waals surface area (Å²) in [5, 5.41) is 0. The summed E-state index contributed by atoms with van der Waals surface area (Å²) in [5.74, 6) is -1.11. The number of nitrogens with one attached hydrogen (secondary N) is 1. The number of rotatable bonds is 6. The number of hydrogen-bond acceptors (Lipinski definition) is 6. The largest absolute Gasteiger partial charge is 0.283 e. The van der Waals surface area contributed by atoms with Gasteiger partial charge in [0.25, 0.3) is 9.05 Å². The predicted octanol–water partition coefficient (Wildman–Crippen LogP) is 1.16. The van der Waals surface area contributed by atoms with Crippen molar-refractivity contribution in [3.8, 4) is 0 Å². The molecule has 0 unspecified atom stereocenters. The molecule has 0 fully saturated rings. The average molecular weight is 441 g/mol. The molecule has 0 amide bonds. The van der Waals surface area contributed by atoms with Crippen LogP contribution in [0, 0.1) is 0 Å². The van der Waals surface area contributed by atoms with Gasteiger partial charge in [-0.1, -0.05) is 0 Å². The molecule has 7 nitrogen and oxygen atoms in total. The molecule has 0 heterocycles. The van der Waals surface area contributed by atoms with Gasteiger partial charge in [-0.25, -0.2) is 25.3 Å². The second-order valence-corrected chi connectivity index (χ2v) is 11.6. The molecule has 1 rings (SSSR count). The summed E-state index contributed by atoms with van der Waals surface area (Å²) in [7, 11) is -6.04. The minimum Gasteiger partial charge on any atom is -0.283 e. The third-order valence-corrected chi connectivity index (χ3v) is 6.98. The first kappa shape index (κ1) is 18.7. The zero-order valence-corrected chi connectivity index (χ0v) is 15.4. The van der Waals surface area contributed by atoms with Crippen LogP contribution in [0.5, 0.6) is 0 Å². The second kappa shape index (κ2) is 6.41. The molecular weight excluding hydrogens is 430 g/mol. The number of halogens is 2. The Balaban J connectivity index is 2.97. The van der Waals surface area contributed by atoms with E-state index >= 15 is 0 Å². The first-order valence-corrected chi connectivity index (χ1v) is 12.0. The Labute approximate surface area is 136 Å². The lowest BCUT2D eigenvalue weighted by atomic mass is 10.3. The van der Waals surface area contributed by atoms with Gasteiger partial charge in [0.2, 0.25) is 10.0 Å². The van der Waals surface area contributed by atoms with Crippen molar-refractivity contribution in [3.05, 3.63) is 22.7 Å². The molecule has 0 saturated carbocycles. The van der Waals surface area contributed by atoms with Gasteiger partial charge in [-0.3, -0.25) is 4.72 Å². The zero-order valence-electron chi connectivity index (χ0n) is 10.6. The molecule has 12 heteroatoms. The van der Waals surface area contributed by atoms with Crippen molar-refractivity contribution < 1.29 is 25.3 Å². The molecule has 21 heavy (non-hydrogen) atoms. The van der Waals surface area contributed by atoms with Crippen molar-refractivity contribution in [2.45, 2.75) is 4.90 Å². The average Bonchev–Trinajstić information content (AvgIpc) is 2.23. The van der Waals surface area contributed by atoms with Crippen LogP contribution >= 0.6 is 26.6 Å². The maximum absolute atomic E-state index is 11.7. The van der Waals surface area contributed by atoms with E-state index in [1.807, 2.05) is 0 Å². The van der Waals surface area contributed by atoms with Gasteiger partial charge in [0.05, 0.1) is 16.4 Å². The number of sulfone groups is 1. The topological polar surface area (TPSA) is 114 Å². The molecule has 0 radical (unpaired) electrons. The molecule has 0 atom stereocenters. The lowest BCUT2D eigenvalue weighted by Crippen LogP contribution is -2.22. The number of sulfonamides is 1. The van der Waals surface area contributed by atoms with E-state index < -0.39 is 40.4 Å². The van der Waals surface area contributed by atoms with Crippen molar-refractivity contribution in [1.29, 1.82) is 0 Å². The molecular formula is C9H11BrClNO6S3. The first-order chi connectivity index (χ1) is 9.30. The van der Waals surface area contributed by atoms with Crippen molar-refractivity contribution in [2.24, 2.45) is 0 Å². The highest BCUT2D eigenvalue weighted by Gasteiger charge is 2.18. The van der Waals surface area contributed by atoms with Crippen molar-refractivity contribution in [3.63, 3.8) is 0 Å². The maximum atomic E-state index is 11.7. The van der Waals surface area contributed by atoms with Gasteiger partial charge in [-0.2, -0.15) is 0 Å². The maximum Gasteiger partial charge on any atom is 0.262 e. The summed E-state index contributed by atoms with van der Waals surface area (Å²) in [6, 6.07) is 3.55. The van der Waals surface area contributed by atoms with Crippen LogP contribution in [0.3, 0.4) is 0 Å². The van der Waals surface area contributed by atoms with Crippen LogP contribution in [0.15, 0.2) is 27.6 Å². The van der Waals surface area contributed by atoms with Crippen LogP contribution < -0.4 is 4.72 Å². The van der Waals surface area contributed by atoms with Crippen molar-refractivity contribution >= 4 is 61.2 Å². The molecule has 0 aliphatic carbocycles. The van der Waals surface area contributed by atoms with Crippen LogP contribution in [-0.4, -0.2) is 43.0 Å². The molecule has 120 valence electrons. The molecule has 1 N–H and O–H groups in total. The summed E-state index contributed by atoms with van der Waals surface area (Å²) >= 11 is 2.97. The van der Waals surface area contributed by atoms with E-state index in [1.165, 1.54) is 12.1 Å². The third-order valence-electron chi connectivity index (χ3n) is 2.19. The van der Waals surface area contributed by atoms with Gasteiger partial charge in [0, 0.05) is 27.1 Å². The smallest absolute Gasteiger partial charge is 0.262 e. The highest BCUT2D eigenvalue weighted by atomic mass is 79.9. The fourth-order valence-electron chi connectivity index (χ4n) is 1.25. The normalized spacial score (nSPS) is 13.1. The van der Waals surface area contributed by atoms with E-state index in [4.69, 9.17) is 10.7 Å². The van der Waals surface area contributed by atoms with E-state index in [2.05, 4.69) is 20.7 Å². The zero-order chi connectivity index (χ0) is 16.5. The molecule has 1 aromatic carbocycles. The Morgan fingerprint density at radius 1 is 1.10 bits per heavy atom. The first-order valence-electron chi connectivity index (χ1n) is 5.23. The Bertz CT molecular complexity index is 847. The summed E-state index contributed by atoms with van der Waals surface area (Å²) in [6.07, 6.45) is 0.930. The Kier molecular flexibility index (Phi) is 5.70. The van der Waals surface area contributed by atoms with Crippen LogP contribution in [0.4, 0.5) is 5.69 Å². The monoisotopic (exact) mass is 439 g/mol. The number of anilines is 1. The van der Waals surface area contributed by atoms with Gasteiger partial charge in [0.15, 0.2) is 0 Å². The molecule has 0 saturated heterocycles. The van der Waals surface area contributed by atoms with E-state index in [-0.39, 0.29) is 15.1 Å². The highest BCUT2D eigenvalue weighted by molar-refractivity contribution is 9.10. The fraction of sp³-hybridized carbons (Fsp3) is 0.333. The highest BCUT2D eigenvalue weighted by Crippen LogP contribution is 2.28. The summed E-state index contributed by atoms with van der Waals surface area (Å²) < 4.78 is 69.9. The minimum absolute atomic E-state index is 0.0828. The van der Waals surface area contributed by atoms with Crippen LogP contribution in [0.2, 0.25) is 0 Å². The summed E-state index contributed by atoms with van der Waals surface area (Å²) in [5.41, 5.74) is 0.0828. The third kappa shape index (κ3) is 6.51. The minimum atomic E-state index is -3.95. The summed E-state index contributed by atoms with van der Waals surface area (Å²) in [6.45, 7) is 0. The lowest BCUT2D eigenvalue weighted by Gasteiger charge is -2.09. The van der Waals surface area contributed by atoms with Crippen molar-refractivity contribution in [2.75, 3.05) is 22.5 Å². The quantitative estimate of drug-likeness (QED) is 0.664. The predicted molar refractivity (Wildman–Crippen MR) is 84.3 cm³/mol. The Hall–Kier alpha value is -0.360. The van der Waals surface area contributed by atoms with Gasteiger partial charge in [-0.15, -0.1) is 0 Å². The van der Waals surface area contributed by atoms with Crippen molar-refractivity contribution in [1.82, 2.24) is 0 Å². The standard InChI is InChI=1S/C9H11BrClNO6S3/c1-19(13,14)4-5-20(15,16)12-7-2-3-9(8(10)6-7)21(11,17)18/h2-3,6,12H,4-5H2,1H3. The van der Waals surface area contributed by atoms with Crippen LogP contribution in [0.25, 0.3) is 0 Å². The second-order valence-electron chi connectivity index (χ2n) is 4.13. The van der Waals surface area contributed by atoms with Crippen LogP contribution in [-0.2, 0) is 28.9 Å². The molecule has 0 aliphatic heterocycles. The summed E-state index contributed by atoms with van der Waals surface area (Å²) in [4.78, 5) is -0.205. The fourth-order valence-corrected chi connectivity index (χ4v) is 6.15. The molecule has 0 aliphatic rings. The number of benzene rings is 1. The van der Waals surface area contributed by atoms with Crippen LogP contribution in [0.1, 0.15) is 0 Å². The van der Waals surface area contributed by atoms with Gasteiger partial charge < -0.3 is 0 Å². The Morgan fingerprint density at radius 2 is 1.67 bits per heavy atom. The van der Waals surface area contributed by atoms with E-state index in [9.17, 15) is 25.3 Å². The Morgan fingerprint density at radius 3 is 2.10 bits per heavy atom. The molecule has 1 aromatic rings. The number of hydrogen-bond donors (Lipinski definition) is 1. The van der Waals surface area contributed by atoms with Gasteiger partial charge in [0.1, 0.15) is 9.84 Å². The molecule has 0 spiro atoms. The molecule has 0 bridgehead atoms. The lowest BCUT2D eigenvalue weighted by molar-refractivity contribution is 0.593. The van der Waals surface area contributed by atoms with E-state index in [1.54, 1.807) is 0 Å². The van der Waals surface area contributed by atoms with Gasteiger partial charge in [-0.05, 0) is 34.1 Å².